The van der Waals surface area contributed by atoms with Gasteiger partial charge in [-0.15, -0.1) is 0 Å². The summed E-state index contributed by atoms with van der Waals surface area (Å²) < 4.78 is 0.348. The van der Waals surface area contributed by atoms with Gasteiger partial charge in [-0.25, -0.2) is 0 Å². The maximum Gasteiger partial charge on any atom is 0.108 e. The van der Waals surface area contributed by atoms with E-state index in [2.05, 4.69) is 15.9 Å². The second kappa shape index (κ2) is 4.86. The van der Waals surface area contributed by atoms with Crippen LogP contribution in [0.1, 0.15) is 0 Å². The van der Waals surface area contributed by atoms with Crippen molar-refractivity contribution in [3.8, 4) is 0 Å². The topological polar surface area (TPSA) is 0 Å². The molecule has 0 aromatic rings. The van der Waals surface area contributed by atoms with Crippen LogP contribution in [0.25, 0.3) is 0 Å². The summed E-state index contributed by atoms with van der Waals surface area (Å²) in [6.07, 6.45) is 1.32. The molecule has 5 heteroatoms. The molecule has 0 saturated heterocycles. The van der Waals surface area contributed by atoms with E-state index >= 15 is 0 Å². The summed E-state index contributed by atoms with van der Waals surface area (Å²) in [4.78, 5) is 0. The molecule has 0 N–H and O–H groups in total. The van der Waals surface area contributed by atoms with Gasteiger partial charge in [0.15, 0.2) is 0 Å². The van der Waals surface area contributed by atoms with E-state index in [1.165, 1.54) is 6.08 Å². The van der Waals surface area contributed by atoms with Crippen molar-refractivity contribution in [2.75, 3.05) is 0 Å². The van der Waals surface area contributed by atoms with E-state index in [9.17, 15) is 0 Å². The van der Waals surface area contributed by atoms with E-state index in [1.54, 1.807) is 0 Å². The molecule has 0 nitrogen and oxygen atoms in total. The van der Waals surface area contributed by atoms with Gasteiger partial charge in [0.25, 0.3) is 0 Å². The first kappa shape index (κ1) is 10.1. The van der Waals surface area contributed by atoms with Crippen LogP contribution in [0.5, 0.6) is 0 Å². The van der Waals surface area contributed by atoms with Crippen molar-refractivity contribution in [3.63, 3.8) is 0 Å². The zero-order chi connectivity index (χ0) is 7.44. The Kier molecular flexibility index (Phi) is 5.47. The lowest BCUT2D eigenvalue weighted by atomic mass is 10.6. The molecule has 0 heterocycles. The second-order valence-electron chi connectivity index (χ2n) is 1.04. The first-order chi connectivity index (χ1) is 4.04. The van der Waals surface area contributed by atoms with Crippen molar-refractivity contribution in [3.05, 3.63) is 19.5 Å². The summed E-state index contributed by atoms with van der Waals surface area (Å²) in [6, 6.07) is 0. The molecule has 0 aromatic carbocycles. The molecule has 0 aromatic heterocycles. The van der Waals surface area contributed by atoms with Crippen molar-refractivity contribution in [1.29, 1.82) is 0 Å². The van der Waals surface area contributed by atoms with Gasteiger partial charge in [-0.05, 0) is 22.0 Å². The number of hydrogen-bond donors (Lipinski definition) is 0. The average molecular weight is 271 g/mol. The SMILES string of the molecule is ClC(Cl)=CC(Cl)=C(Cl)Br. The molecule has 0 rings (SSSR count). The predicted octanol–water partition coefficient (Wildman–Crippen LogP) is 4.35. The van der Waals surface area contributed by atoms with Crippen LogP contribution in [0.2, 0.25) is 0 Å². The molecule has 0 radical (unpaired) electrons. The van der Waals surface area contributed by atoms with Gasteiger partial charge < -0.3 is 0 Å². The summed E-state index contributed by atoms with van der Waals surface area (Å²) in [5.74, 6) is 0. The summed E-state index contributed by atoms with van der Waals surface area (Å²) in [5.41, 5.74) is 0. The van der Waals surface area contributed by atoms with E-state index in [1.807, 2.05) is 0 Å². The molecule has 0 aliphatic heterocycles. The van der Waals surface area contributed by atoms with Crippen molar-refractivity contribution < 1.29 is 0 Å². The van der Waals surface area contributed by atoms with Gasteiger partial charge in [-0.2, -0.15) is 0 Å². The third kappa shape index (κ3) is 5.56. The fourth-order valence-electron chi connectivity index (χ4n) is 0.150. The van der Waals surface area contributed by atoms with Gasteiger partial charge in [0.1, 0.15) is 8.43 Å². The zero-order valence-electron chi connectivity index (χ0n) is 3.97. The lowest BCUT2D eigenvalue weighted by molar-refractivity contribution is 1.94. The number of halogens is 5. The quantitative estimate of drug-likeness (QED) is 0.622. The summed E-state index contributed by atoms with van der Waals surface area (Å²) in [6.45, 7) is 0. The maximum absolute atomic E-state index is 5.47. The number of hydrogen-bond acceptors (Lipinski definition) is 0. The Bertz CT molecular complexity index is 152. The smallest absolute Gasteiger partial charge is 0.0820 e. The Balaban J connectivity index is 4.25. The fraction of sp³-hybridized carbons (Fsp3) is 0. The van der Waals surface area contributed by atoms with Gasteiger partial charge in [0.2, 0.25) is 0 Å². The van der Waals surface area contributed by atoms with Crippen LogP contribution < -0.4 is 0 Å². The van der Waals surface area contributed by atoms with Crippen LogP contribution in [0.4, 0.5) is 0 Å². The van der Waals surface area contributed by atoms with Crippen molar-refractivity contribution in [1.82, 2.24) is 0 Å². The summed E-state index contributed by atoms with van der Waals surface area (Å²) in [7, 11) is 0. The molecule has 0 spiro atoms. The van der Waals surface area contributed by atoms with Gasteiger partial charge in [-0.1, -0.05) is 46.4 Å². The van der Waals surface area contributed by atoms with Crippen molar-refractivity contribution in [2.45, 2.75) is 0 Å². The van der Waals surface area contributed by atoms with Crippen molar-refractivity contribution >= 4 is 62.3 Å². The second-order valence-corrected chi connectivity index (χ2v) is 4.08. The first-order valence-corrected chi connectivity index (χ1v) is 4.08. The molecule has 0 bridgehead atoms. The van der Waals surface area contributed by atoms with Gasteiger partial charge in [0.05, 0.1) is 5.03 Å². The third-order valence-electron chi connectivity index (χ3n) is 0.416. The molecule has 0 fully saturated rings. The summed E-state index contributed by atoms with van der Waals surface area (Å²) >= 11 is 24.3. The van der Waals surface area contributed by atoms with Crippen LogP contribution in [0, 0.1) is 0 Å². The third-order valence-corrected chi connectivity index (χ3v) is 1.89. The molecule has 0 atom stereocenters. The normalized spacial score (nSPS) is 12.6. The molecule has 0 amide bonds. The van der Waals surface area contributed by atoms with Crippen LogP contribution in [0.15, 0.2) is 19.5 Å². The highest BCUT2D eigenvalue weighted by Crippen LogP contribution is 2.23. The molecule has 9 heavy (non-hydrogen) atoms. The molecular formula is C4HBrCl4. The van der Waals surface area contributed by atoms with Crippen LogP contribution >= 0.6 is 62.3 Å². The molecule has 0 aliphatic carbocycles. The number of rotatable bonds is 1. The Morgan fingerprint density at radius 3 is 1.67 bits per heavy atom. The lowest BCUT2D eigenvalue weighted by Crippen LogP contribution is -1.62. The molecular weight excluding hydrogens is 270 g/mol. The number of allylic oxidation sites excluding steroid dienone is 2. The average Bonchev–Trinajstić information content (AvgIpc) is 1.63. The van der Waals surface area contributed by atoms with Gasteiger partial charge in [0, 0.05) is 0 Å². The highest BCUT2D eigenvalue weighted by Gasteiger charge is 1.93. The molecule has 0 unspecified atom stereocenters. The minimum atomic E-state index is 0.0672. The molecule has 0 saturated carbocycles. The largest absolute Gasteiger partial charge is 0.108 e. The predicted molar refractivity (Wildman–Crippen MR) is 47.4 cm³/mol. The summed E-state index contributed by atoms with van der Waals surface area (Å²) in [5, 5.41) is 0.275. The Morgan fingerprint density at radius 2 is 1.56 bits per heavy atom. The minimum Gasteiger partial charge on any atom is -0.0820 e. The van der Waals surface area contributed by atoms with Crippen molar-refractivity contribution in [2.24, 2.45) is 0 Å². The Morgan fingerprint density at radius 1 is 1.11 bits per heavy atom. The van der Waals surface area contributed by atoms with E-state index in [0.717, 1.165) is 0 Å². The van der Waals surface area contributed by atoms with Gasteiger partial charge >= 0.3 is 0 Å². The Labute approximate surface area is 81.5 Å². The Hall–Kier alpha value is 1.12. The van der Waals surface area contributed by atoms with Gasteiger partial charge in [-0.3, -0.25) is 0 Å². The van der Waals surface area contributed by atoms with Crippen LogP contribution in [-0.4, -0.2) is 0 Å². The van der Waals surface area contributed by atoms with Crippen LogP contribution in [-0.2, 0) is 0 Å². The molecule has 0 aliphatic rings. The van der Waals surface area contributed by atoms with E-state index in [4.69, 9.17) is 46.4 Å². The highest BCUT2D eigenvalue weighted by molar-refractivity contribution is 9.12. The first-order valence-electron chi connectivity index (χ1n) is 1.77. The van der Waals surface area contributed by atoms with Crippen LogP contribution in [0.3, 0.4) is 0 Å². The molecule has 52 valence electrons. The fourth-order valence-corrected chi connectivity index (χ4v) is 0.758. The van der Waals surface area contributed by atoms with E-state index in [-0.39, 0.29) is 13.5 Å². The standard InChI is InChI=1S/C4HBrCl4/c5-4(9)2(6)1-3(7)8/h1H. The highest BCUT2D eigenvalue weighted by atomic mass is 79.9. The monoisotopic (exact) mass is 268 g/mol. The minimum absolute atomic E-state index is 0.0672. The maximum atomic E-state index is 5.47. The van der Waals surface area contributed by atoms with E-state index in [0.29, 0.717) is 0 Å². The zero-order valence-corrected chi connectivity index (χ0v) is 8.58. The van der Waals surface area contributed by atoms with E-state index < -0.39 is 0 Å². The lowest BCUT2D eigenvalue weighted by Gasteiger charge is -1.86.